The molecule has 0 radical (unpaired) electrons. The monoisotopic (exact) mass is 482 g/mol. The lowest BCUT2D eigenvalue weighted by Crippen LogP contribution is -2.32. The van der Waals surface area contributed by atoms with Crippen molar-refractivity contribution in [2.45, 2.75) is 19.1 Å². The number of anilines is 1. The summed E-state index contributed by atoms with van der Waals surface area (Å²) in [6, 6.07) is 19.8. The number of ether oxygens (including phenoxy) is 4. The minimum absolute atomic E-state index is 0.277. The van der Waals surface area contributed by atoms with E-state index in [1.807, 2.05) is 47.1 Å². The van der Waals surface area contributed by atoms with Gasteiger partial charge < -0.3 is 24.3 Å². The van der Waals surface area contributed by atoms with E-state index < -0.39 is 6.10 Å². The Bertz CT molecular complexity index is 1490. The summed E-state index contributed by atoms with van der Waals surface area (Å²) in [5.41, 5.74) is 6.06. The van der Waals surface area contributed by atoms with E-state index in [0.29, 0.717) is 17.4 Å². The van der Waals surface area contributed by atoms with Crippen molar-refractivity contribution in [3.05, 3.63) is 94.8 Å². The zero-order valence-electron chi connectivity index (χ0n) is 20.5. The molecule has 0 saturated carbocycles. The number of fused-ring (bicyclic) bond motifs is 3. The van der Waals surface area contributed by atoms with Crippen LogP contribution in [-0.2, 0) is 0 Å². The maximum Gasteiger partial charge on any atom is 0.226 e. The van der Waals surface area contributed by atoms with Crippen LogP contribution in [0.4, 0.5) is 5.95 Å². The molecule has 3 heterocycles. The number of rotatable bonds is 5. The lowest BCUT2D eigenvalue weighted by atomic mass is 9.84. The molecule has 0 bridgehead atoms. The van der Waals surface area contributed by atoms with Gasteiger partial charge in [-0.1, -0.05) is 29.8 Å². The van der Waals surface area contributed by atoms with Crippen molar-refractivity contribution in [1.29, 1.82) is 0 Å². The molecule has 0 unspecified atom stereocenters. The quantitative estimate of drug-likeness (QED) is 0.420. The number of aryl methyl sites for hydroxylation is 1. The number of hydrogen-bond acceptors (Lipinski definition) is 7. The summed E-state index contributed by atoms with van der Waals surface area (Å²) < 4.78 is 25.3. The molecule has 0 aliphatic carbocycles. The number of nitrogens with one attached hydrogen (secondary N) is 1. The van der Waals surface area contributed by atoms with Crippen molar-refractivity contribution < 1.29 is 18.9 Å². The SMILES string of the molecule is COc1cccc([C@H]2C3=C(Nc4ncnn42)c2cc(C)ccc2O[C@@H]3c2ccc(OC)c(OC)c2)c1. The van der Waals surface area contributed by atoms with Gasteiger partial charge >= 0.3 is 0 Å². The fraction of sp³-hybridized carbons (Fsp3) is 0.214. The second-order valence-electron chi connectivity index (χ2n) is 8.77. The van der Waals surface area contributed by atoms with Crippen LogP contribution in [0.2, 0.25) is 0 Å². The standard InChI is InChI=1S/C28H26N4O4/c1-16-8-10-21-20(12-16)25-24(27(36-21)18-9-11-22(34-3)23(14-18)35-4)26(32-28(31-25)29-15-30-32)17-6-5-7-19(13-17)33-2/h5-15,26-27H,1-4H3,(H,29,30,31)/t26-,27+/m0/s1. The summed E-state index contributed by atoms with van der Waals surface area (Å²) in [4.78, 5) is 4.51. The van der Waals surface area contributed by atoms with Gasteiger partial charge in [0.05, 0.1) is 27.0 Å². The van der Waals surface area contributed by atoms with Crippen LogP contribution in [0, 0.1) is 6.92 Å². The summed E-state index contributed by atoms with van der Waals surface area (Å²) in [5.74, 6) is 3.53. The number of methoxy groups -OCH3 is 3. The first-order chi connectivity index (χ1) is 17.6. The Morgan fingerprint density at radius 2 is 1.75 bits per heavy atom. The molecule has 1 N–H and O–H groups in total. The third-order valence-electron chi connectivity index (χ3n) is 6.69. The first-order valence-corrected chi connectivity index (χ1v) is 11.7. The molecule has 0 amide bonds. The minimum atomic E-state index is -0.420. The summed E-state index contributed by atoms with van der Waals surface area (Å²) in [6.07, 6.45) is 1.15. The van der Waals surface area contributed by atoms with Crippen LogP contribution in [0.15, 0.2) is 72.6 Å². The summed E-state index contributed by atoms with van der Waals surface area (Å²) in [5, 5.41) is 8.14. The summed E-state index contributed by atoms with van der Waals surface area (Å²) in [7, 11) is 4.93. The average Bonchev–Trinajstić information content (AvgIpc) is 3.39. The van der Waals surface area contributed by atoms with Crippen molar-refractivity contribution in [3.63, 3.8) is 0 Å². The lowest BCUT2D eigenvalue weighted by molar-refractivity contribution is 0.222. The molecule has 1 aromatic heterocycles. The predicted molar refractivity (Wildman–Crippen MR) is 136 cm³/mol. The van der Waals surface area contributed by atoms with E-state index in [1.54, 1.807) is 27.7 Å². The number of hydrogen-bond donors (Lipinski definition) is 1. The fourth-order valence-corrected chi connectivity index (χ4v) is 5.01. The van der Waals surface area contributed by atoms with Gasteiger partial charge in [0, 0.05) is 16.7 Å². The highest BCUT2D eigenvalue weighted by molar-refractivity contribution is 5.85. The Kier molecular flexibility index (Phi) is 5.29. The van der Waals surface area contributed by atoms with E-state index in [-0.39, 0.29) is 6.04 Å². The van der Waals surface area contributed by atoms with Gasteiger partial charge in [0.25, 0.3) is 0 Å². The van der Waals surface area contributed by atoms with Gasteiger partial charge in [0.2, 0.25) is 5.95 Å². The van der Waals surface area contributed by atoms with Crippen LogP contribution in [-0.4, -0.2) is 36.1 Å². The van der Waals surface area contributed by atoms with Crippen LogP contribution in [0.1, 0.15) is 34.4 Å². The molecule has 2 atom stereocenters. The van der Waals surface area contributed by atoms with E-state index >= 15 is 0 Å². The molecular weight excluding hydrogens is 456 g/mol. The topological polar surface area (TPSA) is 79.7 Å². The maximum absolute atomic E-state index is 6.73. The largest absolute Gasteiger partial charge is 0.497 e. The number of benzene rings is 3. The Balaban J connectivity index is 1.62. The molecule has 0 spiro atoms. The lowest BCUT2D eigenvalue weighted by Gasteiger charge is -2.39. The molecule has 4 aromatic rings. The summed E-state index contributed by atoms with van der Waals surface area (Å²) in [6.45, 7) is 2.08. The van der Waals surface area contributed by atoms with Gasteiger partial charge in [-0.3, -0.25) is 0 Å². The van der Waals surface area contributed by atoms with Gasteiger partial charge in [-0.05, 0) is 48.9 Å². The minimum Gasteiger partial charge on any atom is -0.497 e. The van der Waals surface area contributed by atoms with Crippen molar-refractivity contribution in [2.75, 3.05) is 26.6 Å². The smallest absolute Gasteiger partial charge is 0.226 e. The second kappa shape index (κ2) is 8.64. The summed E-state index contributed by atoms with van der Waals surface area (Å²) >= 11 is 0. The predicted octanol–water partition coefficient (Wildman–Crippen LogP) is 5.17. The zero-order valence-corrected chi connectivity index (χ0v) is 20.5. The highest BCUT2D eigenvalue weighted by Crippen LogP contribution is 2.51. The Labute approximate surface area is 209 Å². The second-order valence-corrected chi connectivity index (χ2v) is 8.77. The number of aromatic nitrogens is 3. The first-order valence-electron chi connectivity index (χ1n) is 11.7. The molecule has 2 aliphatic heterocycles. The molecular formula is C28H26N4O4. The third kappa shape index (κ3) is 3.45. The highest BCUT2D eigenvalue weighted by Gasteiger charge is 2.41. The third-order valence-corrected chi connectivity index (χ3v) is 6.69. The van der Waals surface area contributed by atoms with Gasteiger partial charge in [0.15, 0.2) is 11.5 Å². The van der Waals surface area contributed by atoms with E-state index in [1.165, 1.54) is 0 Å². The van der Waals surface area contributed by atoms with Crippen molar-refractivity contribution in [2.24, 2.45) is 0 Å². The van der Waals surface area contributed by atoms with Gasteiger partial charge in [-0.25, -0.2) is 4.68 Å². The Morgan fingerprint density at radius 3 is 2.56 bits per heavy atom. The number of nitrogens with zero attached hydrogens (tertiary/aromatic N) is 3. The van der Waals surface area contributed by atoms with Crippen molar-refractivity contribution in [3.8, 4) is 23.0 Å². The molecule has 36 heavy (non-hydrogen) atoms. The van der Waals surface area contributed by atoms with Crippen LogP contribution in [0.25, 0.3) is 5.70 Å². The fourth-order valence-electron chi connectivity index (χ4n) is 5.01. The van der Waals surface area contributed by atoms with Crippen LogP contribution in [0.3, 0.4) is 0 Å². The van der Waals surface area contributed by atoms with Crippen molar-refractivity contribution >= 4 is 11.6 Å². The molecule has 6 rings (SSSR count). The van der Waals surface area contributed by atoms with E-state index in [4.69, 9.17) is 18.9 Å². The molecule has 0 saturated heterocycles. The highest BCUT2D eigenvalue weighted by atomic mass is 16.5. The van der Waals surface area contributed by atoms with Gasteiger partial charge in [-0.15, -0.1) is 0 Å². The Hall–Kier alpha value is -4.46. The molecule has 8 heteroatoms. The molecule has 8 nitrogen and oxygen atoms in total. The van der Waals surface area contributed by atoms with Crippen LogP contribution >= 0.6 is 0 Å². The molecule has 0 fully saturated rings. The van der Waals surface area contributed by atoms with Crippen molar-refractivity contribution in [1.82, 2.24) is 14.8 Å². The molecule has 2 aliphatic rings. The first kappa shape index (κ1) is 22.0. The average molecular weight is 483 g/mol. The normalized spacial score (nSPS) is 17.8. The molecule has 182 valence electrons. The van der Waals surface area contributed by atoms with E-state index in [9.17, 15) is 0 Å². The van der Waals surface area contributed by atoms with Gasteiger partial charge in [0.1, 0.15) is 30.0 Å². The molecule has 3 aromatic carbocycles. The van der Waals surface area contributed by atoms with Crippen LogP contribution in [0.5, 0.6) is 23.0 Å². The van der Waals surface area contributed by atoms with E-state index in [2.05, 4.69) is 40.5 Å². The van der Waals surface area contributed by atoms with Gasteiger partial charge in [-0.2, -0.15) is 10.1 Å². The Morgan fingerprint density at radius 1 is 0.889 bits per heavy atom. The maximum atomic E-state index is 6.73. The van der Waals surface area contributed by atoms with Crippen LogP contribution < -0.4 is 24.3 Å². The van der Waals surface area contributed by atoms with E-state index in [0.717, 1.165) is 45.0 Å². The zero-order chi connectivity index (χ0) is 24.8.